The summed E-state index contributed by atoms with van der Waals surface area (Å²) in [6.45, 7) is 1.41. The van der Waals surface area contributed by atoms with Crippen LogP contribution in [0.15, 0.2) is 0 Å². The Labute approximate surface area is 121 Å². The van der Waals surface area contributed by atoms with Gasteiger partial charge in [0.15, 0.2) is 0 Å². The van der Waals surface area contributed by atoms with E-state index in [9.17, 15) is 14.4 Å². The van der Waals surface area contributed by atoms with Gasteiger partial charge in [-0.1, -0.05) is 0 Å². The van der Waals surface area contributed by atoms with Crippen molar-refractivity contribution >= 4 is 29.5 Å². The first-order valence-electron chi connectivity index (χ1n) is 6.88. The van der Waals surface area contributed by atoms with Crippen molar-refractivity contribution in [3.63, 3.8) is 0 Å². The lowest BCUT2D eigenvalue weighted by molar-refractivity contribution is -0.141. The van der Waals surface area contributed by atoms with E-state index in [2.05, 4.69) is 0 Å². The van der Waals surface area contributed by atoms with E-state index in [1.165, 1.54) is 11.8 Å². The number of piperidine rings is 1. The molecule has 1 atom stereocenters. The number of hydrogen-bond acceptors (Lipinski definition) is 4. The van der Waals surface area contributed by atoms with Gasteiger partial charge in [-0.05, 0) is 24.7 Å². The second-order valence-corrected chi connectivity index (χ2v) is 6.86. The fourth-order valence-corrected chi connectivity index (χ4v) is 4.16. The summed E-state index contributed by atoms with van der Waals surface area (Å²) in [6.07, 6.45) is 2.31. The molecule has 0 bridgehead atoms. The van der Waals surface area contributed by atoms with Gasteiger partial charge in [0.25, 0.3) is 0 Å². The molecular weight excluding hydrogens is 280 g/mol. The third kappa shape index (κ3) is 2.39. The van der Waals surface area contributed by atoms with Gasteiger partial charge >= 0.3 is 5.97 Å². The zero-order valence-corrected chi connectivity index (χ0v) is 12.0. The average Bonchev–Trinajstić information content (AvgIpc) is 2.98. The first kappa shape index (κ1) is 13.7. The van der Waals surface area contributed by atoms with Gasteiger partial charge in [-0.25, -0.2) is 0 Å². The molecule has 0 aromatic carbocycles. The van der Waals surface area contributed by atoms with Gasteiger partial charge in [0.1, 0.15) is 6.54 Å². The van der Waals surface area contributed by atoms with E-state index in [1.54, 1.807) is 9.80 Å². The molecular formula is C13H18N2O4S. The van der Waals surface area contributed by atoms with Crippen molar-refractivity contribution in [2.75, 3.05) is 31.3 Å². The van der Waals surface area contributed by atoms with E-state index in [0.29, 0.717) is 24.7 Å². The molecule has 0 radical (unpaired) electrons. The van der Waals surface area contributed by atoms with Crippen LogP contribution >= 0.6 is 11.8 Å². The highest BCUT2D eigenvalue weighted by Gasteiger charge is 2.59. The number of carbonyl (C=O) groups excluding carboxylic acids is 2. The lowest BCUT2D eigenvalue weighted by atomic mass is 9.91. The maximum absolute atomic E-state index is 12.2. The molecule has 1 aliphatic carbocycles. The summed E-state index contributed by atoms with van der Waals surface area (Å²) in [6, 6.07) is 0. The standard InChI is InChI=1S/C13H18N2O4S/c16-10(6-15-8-20-7-11(15)17)14-3-1-13(2-4-14)5-9(13)12(18)19/h9H,1-8H2,(H,18,19). The lowest BCUT2D eigenvalue weighted by Gasteiger charge is -2.33. The summed E-state index contributed by atoms with van der Waals surface area (Å²) >= 11 is 1.53. The van der Waals surface area contributed by atoms with Crippen molar-refractivity contribution < 1.29 is 19.5 Å². The van der Waals surface area contributed by atoms with Crippen LogP contribution in [0.2, 0.25) is 0 Å². The topological polar surface area (TPSA) is 77.9 Å². The molecule has 1 spiro atoms. The predicted molar refractivity (Wildman–Crippen MR) is 73.0 cm³/mol. The monoisotopic (exact) mass is 298 g/mol. The summed E-state index contributed by atoms with van der Waals surface area (Å²) in [7, 11) is 0. The number of nitrogens with zero attached hydrogens (tertiary/aromatic N) is 2. The van der Waals surface area contributed by atoms with Gasteiger partial charge < -0.3 is 14.9 Å². The van der Waals surface area contributed by atoms with E-state index in [1.807, 2.05) is 0 Å². The molecule has 2 heterocycles. The van der Waals surface area contributed by atoms with E-state index < -0.39 is 5.97 Å². The van der Waals surface area contributed by atoms with Crippen LogP contribution in [0.25, 0.3) is 0 Å². The Hall–Kier alpha value is -1.24. The minimum Gasteiger partial charge on any atom is -0.481 e. The molecule has 20 heavy (non-hydrogen) atoms. The number of rotatable bonds is 3. The lowest BCUT2D eigenvalue weighted by Crippen LogP contribution is -2.45. The van der Waals surface area contributed by atoms with Gasteiger partial charge in [0.05, 0.1) is 17.5 Å². The number of carboxylic acids is 1. The second kappa shape index (κ2) is 4.95. The third-order valence-corrected chi connectivity index (χ3v) is 5.70. The number of hydrogen-bond donors (Lipinski definition) is 1. The molecule has 1 N–H and O–H groups in total. The Morgan fingerprint density at radius 2 is 2.05 bits per heavy atom. The molecule has 2 amide bonds. The Morgan fingerprint density at radius 1 is 1.35 bits per heavy atom. The van der Waals surface area contributed by atoms with Crippen LogP contribution in [0.5, 0.6) is 0 Å². The van der Waals surface area contributed by atoms with Gasteiger partial charge in [-0.15, -0.1) is 11.8 Å². The van der Waals surface area contributed by atoms with Crippen molar-refractivity contribution in [3.8, 4) is 0 Å². The molecule has 3 rings (SSSR count). The highest BCUT2D eigenvalue weighted by Crippen LogP contribution is 2.59. The largest absolute Gasteiger partial charge is 0.481 e. The maximum Gasteiger partial charge on any atom is 0.307 e. The number of amides is 2. The minimum atomic E-state index is -0.704. The SMILES string of the molecule is O=C(O)C1CC12CCN(C(=O)CN1CSCC1=O)CC2. The van der Waals surface area contributed by atoms with E-state index in [-0.39, 0.29) is 29.7 Å². The van der Waals surface area contributed by atoms with Crippen molar-refractivity contribution in [3.05, 3.63) is 0 Å². The van der Waals surface area contributed by atoms with Gasteiger partial charge in [-0.3, -0.25) is 14.4 Å². The molecule has 2 saturated heterocycles. The van der Waals surface area contributed by atoms with Gasteiger partial charge in [-0.2, -0.15) is 0 Å². The number of carboxylic acid groups (broad SMARTS) is 1. The summed E-state index contributed by atoms with van der Waals surface area (Å²) in [5, 5.41) is 9.04. The smallest absolute Gasteiger partial charge is 0.307 e. The van der Waals surface area contributed by atoms with Crippen molar-refractivity contribution in [1.82, 2.24) is 9.80 Å². The van der Waals surface area contributed by atoms with Gasteiger partial charge in [0.2, 0.25) is 11.8 Å². The molecule has 7 heteroatoms. The van der Waals surface area contributed by atoms with Crippen molar-refractivity contribution in [1.29, 1.82) is 0 Å². The van der Waals surface area contributed by atoms with Crippen molar-refractivity contribution in [2.24, 2.45) is 11.3 Å². The Balaban J connectivity index is 1.50. The summed E-state index contributed by atoms with van der Waals surface area (Å²) in [5.74, 6) is 0.175. The Morgan fingerprint density at radius 3 is 2.55 bits per heavy atom. The van der Waals surface area contributed by atoms with E-state index >= 15 is 0 Å². The van der Waals surface area contributed by atoms with Crippen LogP contribution in [-0.4, -0.2) is 64.0 Å². The van der Waals surface area contributed by atoms with Crippen LogP contribution in [0.3, 0.4) is 0 Å². The highest BCUT2D eigenvalue weighted by molar-refractivity contribution is 8.00. The van der Waals surface area contributed by atoms with Gasteiger partial charge in [0, 0.05) is 13.1 Å². The molecule has 2 aliphatic heterocycles. The van der Waals surface area contributed by atoms with Crippen LogP contribution in [0, 0.1) is 11.3 Å². The van der Waals surface area contributed by atoms with Crippen LogP contribution < -0.4 is 0 Å². The summed E-state index contributed by atoms with van der Waals surface area (Å²) in [5.41, 5.74) is -0.0536. The number of aliphatic carboxylic acids is 1. The maximum atomic E-state index is 12.2. The number of likely N-dealkylation sites (tertiary alicyclic amines) is 1. The molecule has 3 aliphatic rings. The Bertz CT molecular complexity index is 459. The normalized spacial score (nSPS) is 28.0. The van der Waals surface area contributed by atoms with E-state index in [0.717, 1.165) is 19.3 Å². The molecule has 110 valence electrons. The quantitative estimate of drug-likeness (QED) is 0.807. The number of thioether (sulfide) groups is 1. The van der Waals surface area contributed by atoms with Crippen molar-refractivity contribution in [2.45, 2.75) is 19.3 Å². The van der Waals surface area contributed by atoms with Crippen LogP contribution in [-0.2, 0) is 14.4 Å². The van der Waals surface area contributed by atoms with E-state index in [4.69, 9.17) is 5.11 Å². The molecule has 3 fully saturated rings. The second-order valence-electron chi connectivity index (χ2n) is 5.91. The first-order chi connectivity index (χ1) is 9.52. The Kier molecular flexibility index (Phi) is 3.40. The van der Waals surface area contributed by atoms with Crippen LogP contribution in [0.1, 0.15) is 19.3 Å². The molecule has 1 saturated carbocycles. The molecule has 1 unspecified atom stereocenters. The zero-order valence-electron chi connectivity index (χ0n) is 11.2. The fraction of sp³-hybridized carbons (Fsp3) is 0.769. The summed E-state index contributed by atoms with van der Waals surface area (Å²) in [4.78, 5) is 38.0. The third-order valence-electron chi connectivity index (χ3n) is 4.75. The zero-order chi connectivity index (χ0) is 14.3. The molecule has 0 aromatic heterocycles. The minimum absolute atomic E-state index is 0.0109. The fourth-order valence-electron chi connectivity index (χ4n) is 3.25. The van der Waals surface area contributed by atoms with Crippen LogP contribution in [0.4, 0.5) is 0 Å². The average molecular weight is 298 g/mol. The summed E-state index contributed by atoms with van der Waals surface area (Å²) < 4.78 is 0. The number of carbonyl (C=O) groups is 3. The molecule has 0 aromatic rings. The highest BCUT2D eigenvalue weighted by atomic mass is 32.2. The molecule has 6 nitrogen and oxygen atoms in total. The predicted octanol–water partition coefficient (Wildman–Crippen LogP) is 0.233. The first-order valence-corrected chi connectivity index (χ1v) is 8.03.